The molecule has 0 bridgehead atoms. The Hall–Kier alpha value is -1.94. The Morgan fingerprint density at radius 2 is 2.03 bits per heavy atom. The Morgan fingerprint density at radius 3 is 2.76 bits per heavy atom. The van der Waals surface area contributed by atoms with Gasteiger partial charge in [0.2, 0.25) is 0 Å². The topological polar surface area (TPSA) is 67.8 Å². The second kappa shape index (κ2) is 14.1. The van der Waals surface area contributed by atoms with E-state index in [1.54, 1.807) is 19.4 Å². The molecule has 0 saturated carbocycles. The smallest absolute Gasteiger partial charge is 0.191 e. The number of hydrogen-bond donors (Lipinski definition) is 2. The number of hydrogen-bond acceptors (Lipinski definition) is 4. The molecule has 2 rings (SSSR count). The van der Waals surface area contributed by atoms with Gasteiger partial charge in [-0.05, 0) is 37.6 Å². The Morgan fingerprint density at radius 1 is 1.21 bits per heavy atom. The summed E-state index contributed by atoms with van der Waals surface area (Å²) in [7, 11) is 1.68. The highest BCUT2D eigenvalue weighted by atomic mass is 127. The van der Waals surface area contributed by atoms with Gasteiger partial charge in [-0.2, -0.15) is 0 Å². The van der Waals surface area contributed by atoms with Crippen molar-refractivity contribution in [1.29, 1.82) is 0 Å². The highest BCUT2D eigenvalue weighted by Gasteiger charge is 2.07. The van der Waals surface area contributed by atoms with Gasteiger partial charge in [-0.15, -0.1) is 24.0 Å². The van der Waals surface area contributed by atoms with Gasteiger partial charge < -0.3 is 20.1 Å². The van der Waals surface area contributed by atoms with Crippen molar-refractivity contribution in [2.24, 2.45) is 4.99 Å². The molecule has 0 amide bonds. The lowest BCUT2D eigenvalue weighted by Crippen LogP contribution is -2.37. The zero-order valence-corrected chi connectivity index (χ0v) is 19.5. The summed E-state index contributed by atoms with van der Waals surface area (Å²) in [4.78, 5) is 8.65. The van der Waals surface area contributed by atoms with Crippen LogP contribution in [-0.4, -0.2) is 37.8 Å². The molecule has 1 aromatic carbocycles. The second-order valence-electron chi connectivity index (χ2n) is 6.29. The van der Waals surface area contributed by atoms with E-state index >= 15 is 0 Å². The van der Waals surface area contributed by atoms with Gasteiger partial charge in [0.1, 0.15) is 11.6 Å². The maximum Gasteiger partial charge on any atom is 0.191 e. The van der Waals surface area contributed by atoms with Gasteiger partial charge in [0.05, 0.1) is 25.4 Å². The fourth-order valence-corrected chi connectivity index (χ4v) is 2.53. The van der Waals surface area contributed by atoms with Crippen LogP contribution in [0.15, 0.2) is 41.5 Å². The van der Waals surface area contributed by atoms with Crippen LogP contribution in [0.4, 0.5) is 4.39 Å². The SMILES string of the molecule is CCNC(=NCc1ccc(C)cc1OCCCOC)NCc1ncccc1F.I. The molecule has 0 radical (unpaired) electrons. The largest absolute Gasteiger partial charge is 0.493 e. The van der Waals surface area contributed by atoms with E-state index in [4.69, 9.17) is 9.47 Å². The summed E-state index contributed by atoms with van der Waals surface area (Å²) in [6, 6.07) is 9.04. The van der Waals surface area contributed by atoms with E-state index in [0.717, 1.165) is 23.3 Å². The third-order valence-electron chi connectivity index (χ3n) is 3.98. The Balaban J connectivity index is 0.00000420. The lowest BCUT2D eigenvalue weighted by atomic mass is 10.1. The van der Waals surface area contributed by atoms with Gasteiger partial charge in [-0.3, -0.25) is 4.98 Å². The lowest BCUT2D eigenvalue weighted by molar-refractivity contribution is 0.172. The van der Waals surface area contributed by atoms with Crippen molar-refractivity contribution in [2.45, 2.75) is 33.4 Å². The minimum Gasteiger partial charge on any atom is -0.493 e. The zero-order chi connectivity index (χ0) is 20.2. The van der Waals surface area contributed by atoms with Crippen molar-refractivity contribution in [2.75, 3.05) is 26.9 Å². The predicted octanol–water partition coefficient (Wildman–Crippen LogP) is 3.82. The molecular formula is C21H30FIN4O2. The molecule has 29 heavy (non-hydrogen) atoms. The highest BCUT2D eigenvalue weighted by molar-refractivity contribution is 14.0. The first kappa shape index (κ1) is 25.1. The van der Waals surface area contributed by atoms with Crippen molar-refractivity contribution in [3.8, 4) is 5.75 Å². The van der Waals surface area contributed by atoms with Crippen LogP contribution < -0.4 is 15.4 Å². The minimum atomic E-state index is -0.337. The van der Waals surface area contributed by atoms with Crippen LogP contribution in [0, 0.1) is 12.7 Å². The maximum atomic E-state index is 13.8. The molecule has 1 heterocycles. The average molecular weight is 516 g/mol. The minimum absolute atomic E-state index is 0. The molecule has 2 N–H and O–H groups in total. The van der Waals surface area contributed by atoms with E-state index in [2.05, 4.69) is 20.6 Å². The molecule has 6 nitrogen and oxygen atoms in total. The highest BCUT2D eigenvalue weighted by Crippen LogP contribution is 2.21. The lowest BCUT2D eigenvalue weighted by Gasteiger charge is -2.14. The molecule has 0 fully saturated rings. The number of benzene rings is 1. The van der Waals surface area contributed by atoms with Gasteiger partial charge in [-0.25, -0.2) is 9.38 Å². The van der Waals surface area contributed by atoms with Crippen LogP contribution in [0.3, 0.4) is 0 Å². The average Bonchev–Trinajstić information content (AvgIpc) is 2.69. The number of guanidine groups is 1. The van der Waals surface area contributed by atoms with Gasteiger partial charge >= 0.3 is 0 Å². The summed E-state index contributed by atoms with van der Waals surface area (Å²) >= 11 is 0. The standard InChI is InChI=1S/C21H29FN4O2.HI/c1-4-23-21(26-15-19-18(22)7-5-10-24-19)25-14-17-9-8-16(2)13-20(17)28-12-6-11-27-3;/h5,7-10,13H,4,6,11-12,14-15H2,1-3H3,(H2,23,25,26);1H. The maximum absolute atomic E-state index is 13.8. The number of rotatable bonds is 10. The van der Waals surface area contributed by atoms with Crippen LogP contribution in [-0.2, 0) is 17.8 Å². The molecule has 0 atom stereocenters. The third-order valence-corrected chi connectivity index (χ3v) is 3.98. The summed E-state index contributed by atoms with van der Waals surface area (Å²) in [5.41, 5.74) is 2.47. The molecule has 0 unspecified atom stereocenters. The number of aryl methyl sites for hydroxylation is 1. The molecular weight excluding hydrogens is 486 g/mol. The van der Waals surface area contributed by atoms with Crippen LogP contribution in [0.25, 0.3) is 0 Å². The summed E-state index contributed by atoms with van der Waals surface area (Å²) < 4.78 is 24.7. The van der Waals surface area contributed by atoms with E-state index in [1.807, 2.05) is 32.0 Å². The quantitative estimate of drug-likeness (QED) is 0.218. The van der Waals surface area contributed by atoms with Crippen molar-refractivity contribution in [3.05, 3.63) is 59.2 Å². The van der Waals surface area contributed by atoms with E-state index in [9.17, 15) is 4.39 Å². The zero-order valence-electron chi connectivity index (χ0n) is 17.2. The van der Waals surface area contributed by atoms with E-state index in [-0.39, 0.29) is 36.3 Å². The molecule has 0 aliphatic carbocycles. The van der Waals surface area contributed by atoms with Crippen molar-refractivity contribution in [3.63, 3.8) is 0 Å². The monoisotopic (exact) mass is 516 g/mol. The summed E-state index contributed by atoms with van der Waals surface area (Å²) in [5, 5.41) is 6.28. The number of nitrogens with zero attached hydrogens (tertiary/aromatic N) is 2. The predicted molar refractivity (Wildman–Crippen MR) is 124 cm³/mol. The summed E-state index contributed by atoms with van der Waals surface area (Å²) in [5.74, 6) is 1.08. The Bertz CT molecular complexity index is 774. The van der Waals surface area contributed by atoms with Crippen LogP contribution in [0.1, 0.15) is 30.2 Å². The van der Waals surface area contributed by atoms with Gasteiger partial charge in [0, 0.05) is 38.4 Å². The molecule has 1 aromatic heterocycles. The summed E-state index contributed by atoms with van der Waals surface area (Å²) in [6.07, 6.45) is 2.40. The van der Waals surface area contributed by atoms with Gasteiger partial charge in [-0.1, -0.05) is 12.1 Å². The number of aliphatic imine (C=N–C) groups is 1. The summed E-state index contributed by atoms with van der Waals surface area (Å²) in [6.45, 7) is 6.66. The number of ether oxygens (including phenoxy) is 2. The van der Waals surface area contributed by atoms with Gasteiger partial charge in [0.15, 0.2) is 5.96 Å². The number of nitrogens with one attached hydrogen (secondary N) is 2. The van der Waals surface area contributed by atoms with Crippen molar-refractivity contribution < 1.29 is 13.9 Å². The first-order chi connectivity index (χ1) is 13.6. The van der Waals surface area contributed by atoms with E-state index < -0.39 is 0 Å². The molecule has 8 heteroatoms. The van der Waals surface area contributed by atoms with Crippen molar-refractivity contribution in [1.82, 2.24) is 15.6 Å². The van der Waals surface area contributed by atoms with Crippen LogP contribution >= 0.6 is 24.0 Å². The number of aromatic nitrogens is 1. The molecule has 0 aliphatic rings. The second-order valence-corrected chi connectivity index (χ2v) is 6.29. The van der Waals surface area contributed by atoms with E-state index in [0.29, 0.717) is 38.0 Å². The molecule has 0 aliphatic heterocycles. The first-order valence-corrected chi connectivity index (χ1v) is 9.47. The van der Waals surface area contributed by atoms with Gasteiger partial charge in [0.25, 0.3) is 0 Å². The number of halogens is 2. The fourth-order valence-electron chi connectivity index (χ4n) is 2.53. The first-order valence-electron chi connectivity index (χ1n) is 9.47. The normalized spacial score (nSPS) is 11.0. The molecule has 160 valence electrons. The number of methoxy groups -OCH3 is 1. The Labute approximate surface area is 189 Å². The Kier molecular flexibility index (Phi) is 12.2. The molecule has 2 aromatic rings. The van der Waals surface area contributed by atoms with Crippen LogP contribution in [0.5, 0.6) is 5.75 Å². The third kappa shape index (κ3) is 8.95. The molecule has 0 spiro atoms. The number of pyridine rings is 1. The molecule has 0 saturated heterocycles. The van der Waals surface area contributed by atoms with E-state index in [1.165, 1.54) is 6.07 Å². The van der Waals surface area contributed by atoms with Crippen molar-refractivity contribution >= 4 is 29.9 Å². The fraction of sp³-hybridized carbons (Fsp3) is 0.429. The van der Waals surface area contributed by atoms with Crippen LogP contribution in [0.2, 0.25) is 0 Å².